The van der Waals surface area contributed by atoms with Gasteiger partial charge in [-0.25, -0.2) is 4.79 Å². The Balaban J connectivity index is 3.25. The lowest BCUT2D eigenvalue weighted by Crippen LogP contribution is -2.06. The molecule has 0 fully saturated rings. The van der Waals surface area contributed by atoms with Crippen LogP contribution in [0.5, 0.6) is 11.5 Å². The van der Waals surface area contributed by atoms with Gasteiger partial charge in [-0.3, -0.25) is 0 Å². The van der Waals surface area contributed by atoms with E-state index < -0.39 is 5.97 Å². The van der Waals surface area contributed by atoms with Crippen LogP contribution in [0, 0.1) is 11.3 Å². The summed E-state index contributed by atoms with van der Waals surface area (Å²) in [5, 5.41) is 9.32. The van der Waals surface area contributed by atoms with E-state index in [9.17, 15) is 4.79 Å². The lowest BCUT2D eigenvalue weighted by molar-refractivity contribution is -0.137. The molecular formula is C14H14ClNO4. The van der Waals surface area contributed by atoms with E-state index in [1.54, 1.807) is 25.1 Å². The van der Waals surface area contributed by atoms with Gasteiger partial charge < -0.3 is 14.2 Å². The van der Waals surface area contributed by atoms with Crippen LogP contribution in [0.15, 0.2) is 17.7 Å². The van der Waals surface area contributed by atoms with Crippen LogP contribution in [-0.4, -0.2) is 26.8 Å². The number of halogens is 1. The van der Waals surface area contributed by atoms with Crippen molar-refractivity contribution in [2.24, 2.45) is 0 Å². The summed E-state index contributed by atoms with van der Waals surface area (Å²) in [6, 6.07) is 4.91. The average Bonchev–Trinajstić information content (AvgIpc) is 2.45. The predicted molar refractivity (Wildman–Crippen MR) is 74.8 cm³/mol. The Hall–Kier alpha value is -2.19. The Labute approximate surface area is 122 Å². The van der Waals surface area contributed by atoms with Crippen molar-refractivity contribution in [3.8, 4) is 17.6 Å². The first-order valence-electron chi connectivity index (χ1n) is 5.77. The van der Waals surface area contributed by atoms with E-state index in [-0.39, 0.29) is 12.2 Å². The summed E-state index contributed by atoms with van der Waals surface area (Å²) in [7, 11) is 2.97. The molecule has 1 rings (SSSR count). The highest BCUT2D eigenvalue weighted by atomic mass is 35.5. The highest BCUT2D eigenvalue weighted by Crippen LogP contribution is 2.34. The number of esters is 1. The largest absolute Gasteiger partial charge is 0.493 e. The summed E-state index contributed by atoms with van der Waals surface area (Å²) in [6.07, 6.45) is 1.35. The van der Waals surface area contributed by atoms with Crippen LogP contribution in [0.25, 0.3) is 6.08 Å². The summed E-state index contributed by atoms with van der Waals surface area (Å²) in [5.74, 6) is 0.217. The van der Waals surface area contributed by atoms with Gasteiger partial charge in [0.15, 0.2) is 11.5 Å². The number of carbonyl (C=O) groups excluding carboxylic acids is 1. The predicted octanol–water partition coefficient (Wildman–Crippen LogP) is 2.83. The van der Waals surface area contributed by atoms with Gasteiger partial charge in [-0.15, -0.1) is 0 Å². The minimum absolute atomic E-state index is 0.138. The van der Waals surface area contributed by atoms with Gasteiger partial charge in [0.1, 0.15) is 11.6 Å². The van der Waals surface area contributed by atoms with Crippen LogP contribution < -0.4 is 9.47 Å². The SMILES string of the molecule is CCOC(=O)/C(C#N)=C/c1cc(OC)c(OC)cc1Cl. The number of carbonyl (C=O) groups is 1. The highest BCUT2D eigenvalue weighted by molar-refractivity contribution is 6.32. The molecule has 0 heterocycles. The molecule has 0 aliphatic heterocycles. The van der Waals surface area contributed by atoms with Crippen molar-refractivity contribution in [1.29, 1.82) is 5.26 Å². The number of hydrogen-bond acceptors (Lipinski definition) is 5. The maximum Gasteiger partial charge on any atom is 0.348 e. The van der Waals surface area contributed by atoms with Crippen LogP contribution in [0.3, 0.4) is 0 Å². The second-order valence-corrected chi connectivity index (χ2v) is 4.03. The molecule has 0 radical (unpaired) electrons. The van der Waals surface area contributed by atoms with Crippen LogP contribution in [0.4, 0.5) is 0 Å². The van der Waals surface area contributed by atoms with Crippen molar-refractivity contribution < 1.29 is 19.0 Å². The fourth-order valence-corrected chi connectivity index (χ4v) is 1.69. The lowest BCUT2D eigenvalue weighted by atomic mass is 10.1. The van der Waals surface area contributed by atoms with E-state index in [2.05, 4.69) is 0 Å². The summed E-state index contributed by atoms with van der Waals surface area (Å²) in [4.78, 5) is 11.6. The maximum atomic E-state index is 11.6. The smallest absolute Gasteiger partial charge is 0.348 e. The van der Waals surface area contributed by atoms with Crippen LogP contribution in [0.2, 0.25) is 5.02 Å². The zero-order valence-corrected chi connectivity index (χ0v) is 12.2. The van der Waals surface area contributed by atoms with Gasteiger partial charge in [-0.05, 0) is 24.6 Å². The van der Waals surface area contributed by atoms with Gasteiger partial charge in [0.05, 0.1) is 25.8 Å². The Morgan fingerprint density at radius 3 is 2.45 bits per heavy atom. The molecule has 0 spiro atoms. The molecule has 0 aliphatic carbocycles. The molecule has 0 amide bonds. The van der Waals surface area contributed by atoms with Crippen LogP contribution in [-0.2, 0) is 9.53 Å². The molecule has 5 nitrogen and oxygen atoms in total. The van der Waals surface area contributed by atoms with Gasteiger partial charge in [0.2, 0.25) is 0 Å². The molecule has 0 saturated heterocycles. The monoisotopic (exact) mass is 295 g/mol. The summed E-state index contributed by atoms with van der Waals surface area (Å²) >= 11 is 6.08. The first kappa shape index (κ1) is 15.9. The van der Waals surface area contributed by atoms with E-state index in [1.807, 2.05) is 0 Å². The van der Waals surface area contributed by atoms with Gasteiger partial charge in [-0.1, -0.05) is 11.6 Å². The third-order valence-electron chi connectivity index (χ3n) is 2.42. The fraction of sp³-hybridized carbons (Fsp3) is 0.286. The molecule has 0 atom stereocenters. The van der Waals surface area contributed by atoms with E-state index in [4.69, 9.17) is 31.1 Å². The Bertz CT molecular complexity index is 575. The molecule has 1 aromatic carbocycles. The van der Waals surface area contributed by atoms with E-state index in [0.717, 1.165) is 0 Å². The number of rotatable bonds is 5. The number of benzene rings is 1. The van der Waals surface area contributed by atoms with Gasteiger partial charge in [-0.2, -0.15) is 5.26 Å². The number of ether oxygens (including phenoxy) is 3. The summed E-state index contributed by atoms with van der Waals surface area (Å²) < 4.78 is 15.0. The second-order valence-electron chi connectivity index (χ2n) is 3.62. The van der Waals surface area contributed by atoms with Crippen molar-refractivity contribution >= 4 is 23.6 Å². The van der Waals surface area contributed by atoms with Crippen molar-refractivity contribution in [1.82, 2.24) is 0 Å². The van der Waals surface area contributed by atoms with E-state index in [1.165, 1.54) is 20.3 Å². The zero-order chi connectivity index (χ0) is 15.1. The summed E-state index contributed by atoms with van der Waals surface area (Å²) in [5.41, 5.74) is 0.329. The maximum absolute atomic E-state index is 11.6. The van der Waals surface area contributed by atoms with Crippen molar-refractivity contribution in [2.75, 3.05) is 20.8 Å². The third kappa shape index (κ3) is 3.65. The third-order valence-corrected chi connectivity index (χ3v) is 2.75. The molecule has 0 saturated carbocycles. The topological polar surface area (TPSA) is 68.6 Å². The number of hydrogen-bond donors (Lipinski definition) is 0. The normalized spacial score (nSPS) is 10.7. The molecule has 0 aromatic heterocycles. The Morgan fingerprint density at radius 1 is 1.35 bits per heavy atom. The van der Waals surface area contributed by atoms with Gasteiger partial charge in [0.25, 0.3) is 0 Å². The minimum Gasteiger partial charge on any atom is -0.493 e. The Morgan fingerprint density at radius 2 is 1.95 bits per heavy atom. The fourth-order valence-electron chi connectivity index (χ4n) is 1.48. The zero-order valence-electron chi connectivity index (χ0n) is 11.4. The van der Waals surface area contributed by atoms with E-state index >= 15 is 0 Å². The molecule has 0 N–H and O–H groups in total. The number of nitrogens with zero attached hydrogens (tertiary/aromatic N) is 1. The molecular weight excluding hydrogens is 282 g/mol. The minimum atomic E-state index is -0.694. The number of methoxy groups -OCH3 is 2. The quantitative estimate of drug-likeness (QED) is 0.474. The van der Waals surface area contributed by atoms with Crippen LogP contribution in [0.1, 0.15) is 12.5 Å². The van der Waals surface area contributed by atoms with Crippen molar-refractivity contribution in [3.63, 3.8) is 0 Å². The Kier molecular flexibility index (Phi) is 5.88. The molecule has 1 aromatic rings. The molecule has 0 unspecified atom stereocenters. The van der Waals surface area contributed by atoms with Crippen molar-refractivity contribution in [2.45, 2.75) is 6.92 Å². The molecule has 20 heavy (non-hydrogen) atoms. The summed E-state index contributed by atoms with van der Waals surface area (Å²) in [6.45, 7) is 1.85. The number of nitriles is 1. The molecule has 0 aliphatic rings. The average molecular weight is 296 g/mol. The lowest BCUT2D eigenvalue weighted by Gasteiger charge is -2.10. The molecule has 6 heteroatoms. The second kappa shape index (κ2) is 7.41. The molecule has 0 bridgehead atoms. The van der Waals surface area contributed by atoms with Crippen LogP contribution >= 0.6 is 11.6 Å². The first-order chi connectivity index (χ1) is 9.57. The first-order valence-corrected chi connectivity index (χ1v) is 6.15. The molecule has 106 valence electrons. The van der Waals surface area contributed by atoms with Gasteiger partial charge in [0, 0.05) is 6.07 Å². The standard InChI is InChI=1S/C14H14ClNO4/c1-4-20-14(17)10(8-16)5-9-6-12(18-2)13(19-3)7-11(9)15/h5-7H,4H2,1-3H3/b10-5+. The van der Waals surface area contributed by atoms with Crippen molar-refractivity contribution in [3.05, 3.63) is 28.3 Å². The van der Waals surface area contributed by atoms with Gasteiger partial charge >= 0.3 is 5.97 Å². The van der Waals surface area contributed by atoms with E-state index in [0.29, 0.717) is 22.1 Å². The highest BCUT2D eigenvalue weighted by Gasteiger charge is 2.13.